The molecular weight excluding hydrogens is 166 g/mol. The van der Waals surface area contributed by atoms with E-state index < -0.39 is 0 Å². The van der Waals surface area contributed by atoms with Crippen LogP contribution in [0.2, 0.25) is 0 Å². The third kappa shape index (κ3) is 2.15. The zero-order valence-corrected chi connectivity index (χ0v) is 7.74. The molecule has 0 bridgehead atoms. The highest BCUT2D eigenvalue weighted by Crippen LogP contribution is 1.94. The summed E-state index contributed by atoms with van der Waals surface area (Å²) in [6, 6.07) is 3.47. The lowest BCUT2D eigenvalue weighted by atomic mass is 10.4. The molecule has 0 fully saturated rings. The van der Waals surface area contributed by atoms with Crippen molar-refractivity contribution < 1.29 is 0 Å². The Labute approximate surface area is 76.5 Å². The Bertz CT molecular complexity index is 400. The molecule has 0 saturated heterocycles. The second-order valence-electron chi connectivity index (χ2n) is 2.84. The minimum atomic E-state index is -0.0831. The lowest BCUT2D eigenvalue weighted by molar-refractivity contribution is 0.639. The molecule has 4 nitrogen and oxygen atoms in total. The average Bonchev–Trinajstić information content (AvgIpc) is 2.02. The zero-order chi connectivity index (χ0) is 9.84. The summed E-state index contributed by atoms with van der Waals surface area (Å²) in [4.78, 5) is 15.5. The molecule has 13 heavy (non-hydrogen) atoms. The predicted molar refractivity (Wildman–Crippen MR) is 48.2 cm³/mol. The Morgan fingerprint density at radius 1 is 1.62 bits per heavy atom. The molecule has 0 aliphatic carbocycles. The van der Waals surface area contributed by atoms with Gasteiger partial charge < -0.3 is 0 Å². The first-order valence-corrected chi connectivity index (χ1v) is 4.07. The number of aromatic nitrogens is 2. The fourth-order valence-electron chi connectivity index (χ4n) is 1.20. The van der Waals surface area contributed by atoms with Gasteiger partial charge in [0.15, 0.2) is 0 Å². The summed E-state index contributed by atoms with van der Waals surface area (Å²) >= 11 is 0. The molecule has 1 rings (SSSR count). The molecule has 0 spiro atoms. The summed E-state index contributed by atoms with van der Waals surface area (Å²) in [5.41, 5.74) is 0.635. The van der Waals surface area contributed by atoms with Gasteiger partial charge in [-0.1, -0.05) is 0 Å². The first kappa shape index (κ1) is 9.46. The molecule has 4 heteroatoms. The van der Waals surface area contributed by atoms with Crippen LogP contribution in [0.1, 0.15) is 17.9 Å². The number of aryl methyl sites for hydroxylation is 2. The molecule has 0 aliphatic heterocycles. The van der Waals surface area contributed by atoms with Crippen LogP contribution < -0.4 is 5.56 Å². The van der Waals surface area contributed by atoms with Gasteiger partial charge in [0.1, 0.15) is 5.82 Å². The molecule has 0 amide bonds. The van der Waals surface area contributed by atoms with Gasteiger partial charge in [0.2, 0.25) is 0 Å². The highest BCUT2D eigenvalue weighted by Gasteiger charge is 2.01. The number of nitrogens with zero attached hydrogens (tertiary/aromatic N) is 3. The SMILES string of the molecule is Cc1cc(=O)n(CCC#N)c(C)n1. The quantitative estimate of drug-likeness (QED) is 0.670. The monoisotopic (exact) mass is 177 g/mol. The van der Waals surface area contributed by atoms with Crippen LogP contribution in [0.25, 0.3) is 0 Å². The van der Waals surface area contributed by atoms with Crippen LogP contribution in [-0.2, 0) is 6.54 Å². The van der Waals surface area contributed by atoms with E-state index in [0.29, 0.717) is 18.8 Å². The Balaban J connectivity index is 3.08. The van der Waals surface area contributed by atoms with Gasteiger partial charge in [-0.25, -0.2) is 4.98 Å². The summed E-state index contributed by atoms with van der Waals surface area (Å²) in [6.45, 7) is 3.98. The summed E-state index contributed by atoms with van der Waals surface area (Å²) in [6.07, 6.45) is 0.339. The van der Waals surface area contributed by atoms with Crippen molar-refractivity contribution in [3.63, 3.8) is 0 Å². The molecule has 0 N–H and O–H groups in total. The predicted octanol–water partition coefficient (Wildman–Crippen LogP) is 0.774. The van der Waals surface area contributed by atoms with Crippen LogP contribution >= 0.6 is 0 Å². The minimum absolute atomic E-state index is 0.0831. The third-order valence-electron chi connectivity index (χ3n) is 1.77. The molecular formula is C9H11N3O. The summed E-state index contributed by atoms with van der Waals surface area (Å²) in [5, 5.41) is 8.38. The van der Waals surface area contributed by atoms with Crippen molar-refractivity contribution in [3.05, 3.63) is 27.9 Å². The zero-order valence-electron chi connectivity index (χ0n) is 7.74. The second kappa shape index (κ2) is 3.85. The van der Waals surface area contributed by atoms with E-state index in [9.17, 15) is 4.79 Å². The largest absolute Gasteiger partial charge is 0.296 e. The maximum Gasteiger partial charge on any atom is 0.253 e. The molecule has 0 unspecified atom stereocenters. The number of hydrogen-bond acceptors (Lipinski definition) is 3. The summed E-state index contributed by atoms with van der Waals surface area (Å²) in [7, 11) is 0. The Morgan fingerprint density at radius 2 is 2.31 bits per heavy atom. The fourth-order valence-corrected chi connectivity index (χ4v) is 1.20. The van der Waals surface area contributed by atoms with Gasteiger partial charge in [-0.2, -0.15) is 5.26 Å². The molecule has 68 valence electrons. The first-order valence-electron chi connectivity index (χ1n) is 4.07. The van der Waals surface area contributed by atoms with E-state index in [0.717, 1.165) is 5.69 Å². The summed E-state index contributed by atoms with van der Waals surface area (Å²) < 4.78 is 1.51. The summed E-state index contributed by atoms with van der Waals surface area (Å²) in [5.74, 6) is 0.667. The van der Waals surface area contributed by atoms with Crippen LogP contribution in [0, 0.1) is 25.2 Å². The average molecular weight is 177 g/mol. The fraction of sp³-hybridized carbons (Fsp3) is 0.444. The van der Waals surface area contributed by atoms with Crippen LogP contribution in [-0.4, -0.2) is 9.55 Å². The van der Waals surface area contributed by atoms with Gasteiger partial charge in [0.05, 0.1) is 12.5 Å². The smallest absolute Gasteiger partial charge is 0.253 e. The van der Waals surface area contributed by atoms with Crippen molar-refractivity contribution in [1.82, 2.24) is 9.55 Å². The number of hydrogen-bond donors (Lipinski definition) is 0. The Hall–Kier alpha value is -1.63. The van der Waals surface area contributed by atoms with Crippen LogP contribution in [0.4, 0.5) is 0 Å². The first-order chi connectivity index (χ1) is 6.15. The molecule has 0 saturated carbocycles. The van der Waals surface area contributed by atoms with Gasteiger partial charge in [-0.05, 0) is 13.8 Å². The minimum Gasteiger partial charge on any atom is -0.296 e. The third-order valence-corrected chi connectivity index (χ3v) is 1.77. The van der Waals surface area contributed by atoms with Gasteiger partial charge >= 0.3 is 0 Å². The molecule has 0 aromatic carbocycles. The van der Waals surface area contributed by atoms with Crippen molar-refractivity contribution in [3.8, 4) is 6.07 Å². The van der Waals surface area contributed by atoms with Crippen molar-refractivity contribution in [1.29, 1.82) is 5.26 Å². The lowest BCUT2D eigenvalue weighted by Crippen LogP contribution is -2.23. The molecule has 1 aromatic heterocycles. The van der Waals surface area contributed by atoms with E-state index in [1.807, 2.05) is 6.07 Å². The number of nitriles is 1. The molecule has 1 heterocycles. The Morgan fingerprint density at radius 3 is 2.85 bits per heavy atom. The van der Waals surface area contributed by atoms with Crippen molar-refractivity contribution in [2.24, 2.45) is 0 Å². The number of rotatable bonds is 2. The van der Waals surface area contributed by atoms with E-state index >= 15 is 0 Å². The topological polar surface area (TPSA) is 58.7 Å². The van der Waals surface area contributed by atoms with Crippen molar-refractivity contribution in [2.45, 2.75) is 26.8 Å². The second-order valence-corrected chi connectivity index (χ2v) is 2.84. The van der Waals surface area contributed by atoms with Crippen molar-refractivity contribution in [2.75, 3.05) is 0 Å². The van der Waals surface area contributed by atoms with Gasteiger partial charge in [-0.15, -0.1) is 0 Å². The Kier molecular flexibility index (Phi) is 2.80. The lowest BCUT2D eigenvalue weighted by Gasteiger charge is -2.06. The maximum atomic E-state index is 11.4. The van der Waals surface area contributed by atoms with E-state index in [1.165, 1.54) is 10.6 Å². The highest BCUT2D eigenvalue weighted by atomic mass is 16.1. The van der Waals surface area contributed by atoms with Crippen LogP contribution in [0.15, 0.2) is 10.9 Å². The van der Waals surface area contributed by atoms with Gasteiger partial charge in [0.25, 0.3) is 5.56 Å². The van der Waals surface area contributed by atoms with Crippen LogP contribution in [0.3, 0.4) is 0 Å². The van der Waals surface area contributed by atoms with Gasteiger partial charge in [-0.3, -0.25) is 9.36 Å². The van der Waals surface area contributed by atoms with E-state index in [1.54, 1.807) is 13.8 Å². The molecule has 0 aliphatic rings. The van der Waals surface area contributed by atoms with E-state index in [4.69, 9.17) is 5.26 Å². The van der Waals surface area contributed by atoms with E-state index in [2.05, 4.69) is 4.98 Å². The maximum absolute atomic E-state index is 11.4. The van der Waals surface area contributed by atoms with E-state index in [-0.39, 0.29) is 5.56 Å². The molecule has 0 atom stereocenters. The van der Waals surface area contributed by atoms with Gasteiger partial charge in [0, 0.05) is 18.3 Å². The van der Waals surface area contributed by atoms with Crippen molar-refractivity contribution >= 4 is 0 Å². The molecule has 0 radical (unpaired) electrons. The van der Waals surface area contributed by atoms with Crippen LogP contribution in [0.5, 0.6) is 0 Å². The normalized spacial score (nSPS) is 9.62. The molecule has 1 aromatic rings. The highest BCUT2D eigenvalue weighted by molar-refractivity contribution is 5.01. The standard InChI is InChI=1S/C9H11N3O/c1-7-6-9(13)12(5-3-4-10)8(2)11-7/h6H,3,5H2,1-2H3.